The topological polar surface area (TPSA) is 111 Å². The Hall–Kier alpha value is -2.81. The molecule has 28 heavy (non-hydrogen) atoms. The number of hydrogen-bond acceptors (Lipinski definition) is 7. The molecule has 0 bridgehead atoms. The third-order valence-corrected chi connectivity index (χ3v) is 5.05. The molecule has 3 heterocycles. The summed E-state index contributed by atoms with van der Waals surface area (Å²) in [5.41, 5.74) is 8.98. The van der Waals surface area contributed by atoms with E-state index >= 15 is 0 Å². The maximum atomic E-state index is 10.8. The lowest BCUT2D eigenvalue weighted by molar-refractivity contribution is 0.136. The number of hydrogen-bond donors (Lipinski definition) is 1. The molecule has 0 saturated heterocycles. The number of pyridine rings is 1. The maximum absolute atomic E-state index is 10.8. The van der Waals surface area contributed by atoms with Crippen LogP contribution < -0.4 is 15.2 Å². The highest BCUT2D eigenvalue weighted by Gasteiger charge is 2.41. The number of nitrogens with zero attached hydrogens (tertiary/aromatic N) is 3. The van der Waals surface area contributed by atoms with Gasteiger partial charge >= 0.3 is 6.09 Å². The molecule has 0 aromatic carbocycles. The van der Waals surface area contributed by atoms with Crippen molar-refractivity contribution < 1.29 is 23.7 Å². The van der Waals surface area contributed by atoms with E-state index in [1.165, 1.54) is 0 Å². The van der Waals surface area contributed by atoms with Crippen molar-refractivity contribution in [2.45, 2.75) is 32.3 Å². The fourth-order valence-electron chi connectivity index (χ4n) is 3.50. The van der Waals surface area contributed by atoms with Gasteiger partial charge in [-0.15, -0.1) is 5.10 Å². The fourth-order valence-corrected chi connectivity index (χ4v) is 3.50. The van der Waals surface area contributed by atoms with E-state index in [1.54, 1.807) is 13.3 Å². The number of aryl methyl sites for hydroxylation is 1. The Balaban J connectivity index is 1.57. The summed E-state index contributed by atoms with van der Waals surface area (Å²) in [6.07, 6.45) is 3.08. The molecule has 0 unspecified atom stereocenters. The van der Waals surface area contributed by atoms with E-state index in [9.17, 15) is 4.79 Å². The molecule has 1 amide bonds. The number of methoxy groups -OCH3 is 1. The number of carbonyl (C=O) groups excluding carboxylic acids is 1. The van der Waals surface area contributed by atoms with Gasteiger partial charge in [-0.05, 0) is 19.4 Å². The van der Waals surface area contributed by atoms with Gasteiger partial charge in [0.1, 0.15) is 6.10 Å². The van der Waals surface area contributed by atoms with Crippen LogP contribution >= 0.6 is 0 Å². The van der Waals surface area contributed by atoms with Gasteiger partial charge in [0.2, 0.25) is 11.8 Å². The highest BCUT2D eigenvalue weighted by atomic mass is 16.6. The number of carbonyl (C=O) groups is 1. The van der Waals surface area contributed by atoms with Crippen LogP contribution in [0.4, 0.5) is 4.79 Å². The van der Waals surface area contributed by atoms with Crippen LogP contribution in [0.15, 0.2) is 12.3 Å². The first-order valence-corrected chi connectivity index (χ1v) is 9.35. The second-order valence-corrected chi connectivity index (χ2v) is 7.06. The molecule has 2 atom stereocenters. The van der Waals surface area contributed by atoms with Crippen LogP contribution in [0.3, 0.4) is 0 Å². The monoisotopic (exact) mass is 388 g/mol. The number of aromatic nitrogens is 3. The first kappa shape index (κ1) is 18.5. The van der Waals surface area contributed by atoms with Gasteiger partial charge in [0.25, 0.3) is 0 Å². The Morgan fingerprint density at radius 3 is 2.93 bits per heavy atom. The Kier molecular flexibility index (Phi) is 5.08. The highest BCUT2D eigenvalue weighted by molar-refractivity contribution is 5.65. The molecule has 1 fully saturated rings. The number of rotatable bonds is 6. The quantitative estimate of drug-likeness (QED) is 0.799. The summed E-state index contributed by atoms with van der Waals surface area (Å²) in [6, 6.07) is 1.99. The molecule has 2 aromatic heterocycles. The van der Waals surface area contributed by atoms with E-state index in [4.69, 9.17) is 29.8 Å². The van der Waals surface area contributed by atoms with Gasteiger partial charge in [-0.1, -0.05) is 0 Å². The molecule has 150 valence electrons. The van der Waals surface area contributed by atoms with Crippen molar-refractivity contribution in [1.29, 1.82) is 0 Å². The normalized spacial score (nSPS) is 20.8. The largest absolute Gasteiger partial charge is 0.481 e. The van der Waals surface area contributed by atoms with Crippen LogP contribution in [0.1, 0.15) is 23.2 Å². The Morgan fingerprint density at radius 1 is 1.36 bits per heavy atom. The molecular weight excluding hydrogens is 364 g/mol. The predicted octanol–water partition coefficient (Wildman–Crippen LogP) is 1.56. The molecule has 1 aliphatic heterocycles. The summed E-state index contributed by atoms with van der Waals surface area (Å²) in [6.45, 7) is 3.65. The summed E-state index contributed by atoms with van der Waals surface area (Å²) in [5, 5.41) is 4.71. The summed E-state index contributed by atoms with van der Waals surface area (Å²) in [7, 11) is 1.60. The summed E-state index contributed by atoms with van der Waals surface area (Å²) in [5.74, 6) is 1.34. The molecule has 4 rings (SSSR count). The number of amides is 1. The maximum Gasteiger partial charge on any atom is 0.404 e. The van der Waals surface area contributed by atoms with Crippen molar-refractivity contribution in [2.75, 3.05) is 26.9 Å². The van der Waals surface area contributed by atoms with Crippen LogP contribution in [-0.4, -0.2) is 53.9 Å². The Morgan fingerprint density at radius 2 is 2.18 bits per heavy atom. The van der Waals surface area contributed by atoms with Gasteiger partial charge < -0.3 is 24.7 Å². The predicted molar refractivity (Wildman–Crippen MR) is 98.9 cm³/mol. The van der Waals surface area contributed by atoms with Crippen molar-refractivity contribution >= 4 is 6.09 Å². The highest BCUT2D eigenvalue weighted by Crippen LogP contribution is 2.35. The van der Waals surface area contributed by atoms with Crippen LogP contribution in [0.2, 0.25) is 0 Å². The van der Waals surface area contributed by atoms with E-state index in [0.29, 0.717) is 31.6 Å². The van der Waals surface area contributed by atoms with Crippen LogP contribution in [-0.2, 0) is 22.3 Å². The number of ether oxygens (including phenoxy) is 4. The minimum Gasteiger partial charge on any atom is -0.481 e. The third kappa shape index (κ3) is 3.75. The van der Waals surface area contributed by atoms with Gasteiger partial charge in [0, 0.05) is 29.9 Å². The third-order valence-electron chi connectivity index (χ3n) is 5.05. The first-order valence-electron chi connectivity index (χ1n) is 9.35. The fraction of sp³-hybridized carbons (Fsp3) is 0.526. The zero-order valence-corrected chi connectivity index (χ0v) is 16.0. The van der Waals surface area contributed by atoms with Crippen LogP contribution in [0, 0.1) is 12.8 Å². The van der Waals surface area contributed by atoms with Crippen LogP contribution in [0.25, 0.3) is 5.69 Å². The lowest BCUT2D eigenvalue weighted by Crippen LogP contribution is -2.16. The molecule has 2 aliphatic rings. The molecule has 9 nitrogen and oxygen atoms in total. The molecule has 1 aliphatic carbocycles. The minimum atomic E-state index is -0.745. The molecule has 2 N–H and O–H groups in total. The van der Waals surface area contributed by atoms with Gasteiger partial charge in [-0.2, -0.15) is 0 Å². The number of fused-ring (bicyclic) bond motifs is 1. The first-order chi connectivity index (χ1) is 13.6. The average molecular weight is 388 g/mol. The molecule has 0 radical (unpaired) electrons. The number of primary amides is 1. The zero-order valence-electron chi connectivity index (χ0n) is 16.0. The molecule has 1 saturated carbocycles. The molecule has 9 heteroatoms. The second-order valence-electron chi connectivity index (χ2n) is 7.06. The minimum absolute atomic E-state index is 0.153. The standard InChI is InChI=1S/C19H24N4O5/c1-11-7-13(9-21-17(11)25-2)23-15-4-6-26-5-3-14(15)18(22-23)27-10-12-8-16(12)28-19(20)24/h7,9,12,16H,3-6,8,10H2,1-2H3,(H2,20,24)/t12-,16+/m0/s1. The van der Waals surface area contributed by atoms with E-state index in [2.05, 4.69) is 4.98 Å². The van der Waals surface area contributed by atoms with E-state index in [1.807, 2.05) is 17.7 Å². The summed E-state index contributed by atoms with van der Waals surface area (Å²) < 4.78 is 23.8. The molecule has 2 aromatic rings. The zero-order chi connectivity index (χ0) is 19.7. The lowest BCUT2D eigenvalue weighted by atomic mass is 10.1. The van der Waals surface area contributed by atoms with E-state index in [-0.39, 0.29) is 12.0 Å². The van der Waals surface area contributed by atoms with Crippen molar-refractivity contribution in [2.24, 2.45) is 11.7 Å². The van der Waals surface area contributed by atoms with Crippen LogP contribution in [0.5, 0.6) is 11.8 Å². The van der Waals surface area contributed by atoms with E-state index in [0.717, 1.165) is 41.8 Å². The lowest BCUT2D eigenvalue weighted by Gasteiger charge is -2.09. The molecule has 0 spiro atoms. The smallest absolute Gasteiger partial charge is 0.404 e. The second kappa shape index (κ2) is 7.67. The summed E-state index contributed by atoms with van der Waals surface area (Å²) >= 11 is 0. The van der Waals surface area contributed by atoms with Crippen molar-refractivity contribution in [3.05, 3.63) is 29.1 Å². The summed E-state index contributed by atoms with van der Waals surface area (Å²) in [4.78, 5) is 15.2. The van der Waals surface area contributed by atoms with Gasteiger partial charge in [0.15, 0.2) is 0 Å². The van der Waals surface area contributed by atoms with E-state index < -0.39 is 6.09 Å². The molecular formula is C19H24N4O5. The van der Waals surface area contributed by atoms with Gasteiger partial charge in [-0.3, -0.25) is 0 Å². The van der Waals surface area contributed by atoms with Crippen molar-refractivity contribution in [3.63, 3.8) is 0 Å². The SMILES string of the molecule is COc1ncc(-n2nc(OC[C@@H]3C[C@H]3OC(N)=O)c3c2CCOCC3)cc1C. The Bertz CT molecular complexity index is 881. The van der Waals surface area contributed by atoms with Gasteiger partial charge in [-0.25, -0.2) is 14.5 Å². The number of nitrogens with two attached hydrogens (primary N) is 1. The average Bonchev–Trinajstić information content (AvgIpc) is 3.37. The van der Waals surface area contributed by atoms with Gasteiger partial charge in [0.05, 0.1) is 44.5 Å². The van der Waals surface area contributed by atoms with Crippen molar-refractivity contribution in [1.82, 2.24) is 14.8 Å². The van der Waals surface area contributed by atoms with Crippen molar-refractivity contribution in [3.8, 4) is 17.4 Å². The Labute approximate surface area is 162 Å².